The molecular weight excluding hydrogens is 452 g/mol. The van der Waals surface area contributed by atoms with Crippen molar-refractivity contribution in [1.29, 1.82) is 0 Å². The SMILES string of the molecule is Cc1nc(-c2ccc3c(c2)CCN3C(=O)COC(=O)c2ccccc2NC(=O)NC(C)C)cs1. The number of para-hydroxylation sites is 1. The van der Waals surface area contributed by atoms with E-state index in [1.54, 1.807) is 40.5 Å². The predicted molar refractivity (Wildman–Crippen MR) is 132 cm³/mol. The van der Waals surface area contributed by atoms with Crippen LogP contribution in [0.4, 0.5) is 16.2 Å². The van der Waals surface area contributed by atoms with Crippen LogP contribution >= 0.6 is 11.3 Å². The molecule has 1 aliphatic heterocycles. The Labute approximate surface area is 202 Å². The number of hydrogen-bond donors (Lipinski definition) is 2. The normalized spacial score (nSPS) is 12.4. The van der Waals surface area contributed by atoms with Gasteiger partial charge in [0.05, 0.1) is 22.0 Å². The average Bonchev–Trinajstić information content (AvgIpc) is 3.42. The van der Waals surface area contributed by atoms with Gasteiger partial charge in [-0.05, 0) is 57.0 Å². The third kappa shape index (κ3) is 5.26. The van der Waals surface area contributed by atoms with Crippen LogP contribution in [0, 0.1) is 6.92 Å². The van der Waals surface area contributed by atoms with Crippen LogP contribution in [0.1, 0.15) is 34.8 Å². The number of fused-ring (bicyclic) bond motifs is 1. The van der Waals surface area contributed by atoms with Crippen molar-refractivity contribution in [2.75, 3.05) is 23.4 Å². The molecule has 0 radical (unpaired) electrons. The van der Waals surface area contributed by atoms with Crippen molar-refractivity contribution in [3.8, 4) is 11.3 Å². The van der Waals surface area contributed by atoms with Crippen molar-refractivity contribution in [3.63, 3.8) is 0 Å². The molecule has 3 aromatic rings. The molecule has 2 aromatic carbocycles. The molecule has 0 saturated carbocycles. The Kier molecular flexibility index (Phi) is 6.93. The summed E-state index contributed by atoms with van der Waals surface area (Å²) in [5.74, 6) is -0.977. The van der Waals surface area contributed by atoms with Gasteiger partial charge in [0.15, 0.2) is 6.61 Å². The molecule has 1 aromatic heterocycles. The van der Waals surface area contributed by atoms with Crippen LogP contribution in [0.15, 0.2) is 47.8 Å². The van der Waals surface area contributed by atoms with Gasteiger partial charge in [-0.2, -0.15) is 0 Å². The number of thiazole rings is 1. The molecule has 9 heteroatoms. The van der Waals surface area contributed by atoms with Gasteiger partial charge in [0.1, 0.15) is 0 Å². The molecule has 0 saturated heterocycles. The molecule has 0 spiro atoms. The zero-order valence-electron chi connectivity index (χ0n) is 19.3. The fourth-order valence-corrected chi connectivity index (χ4v) is 4.41. The summed E-state index contributed by atoms with van der Waals surface area (Å²) in [6, 6.07) is 12.0. The number of aromatic nitrogens is 1. The number of carbonyl (C=O) groups excluding carboxylic acids is 3. The van der Waals surface area contributed by atoms with Gasteiger partial charge in [0.2, 0.25) is 0 Å². The smallest absolute Gasteiger partial charge is 0.340 e. The summed E-state index contributed by atoms with van der Waals surface area (Å²) in [5.41, 5.74) is 4.33. The molecule has 3 amide bonds. The van der Waals surface area contributed by atoms with Crippen LogP contribution in [0.3, 0.4) is 0 Å². The van der Waals surface area contributed by atoms with E-state index >= 15 is 0 Å². The minimum Gasteiger partial charge on any atom is -0.452 e. The number of amides is 3. The molecule has 0 atom stereocenters. The fourth-order valence-electron chi connectivity index (χ4n) is 3.79. The fraction of sp³-hybridized carbons (Fsp3) is 0.280. The molecular formula is C25H26N4O4S. The van der Waals surface area contributed by atoms with Crippen molar-refractivity contribution in [2.45, 2.75) is 33.2 Å². The first-order valence-electron chi connectivity index (χ1n) is 11.0. The highest BCUT2D eigenvalue weighted by Gasteiger charge is 2.26. The largest absolute Gasteiger partial charge is 0.452 e. The number of urea groups is 1. The van der Waals surface area contributed by atoms with Gasteiger partial charge in [0.25, 0.3) is 5.91 Å². The second kappa shape index (κ2) is 10.0. The lowest BCUT2D eigenvalue weighted by atomic mass is 10.1. The lowest BCUT2D eigenvalue weighted by Crippen LogP contribution is -2.35. The Morgan fingerprint density at radius 3 is 2.71 bits per heavy atom. The molecule has 176 valence electrons. The number of hydrogen-bond acceptors (Lipinski definition) is 6. The number of nitrogens with one attached hydrogen (secondary N) is 2. The number of anilines is 2. The molecule has 0 bridgehead atoms. The number of ether oxygens (including phenoxy) is 1. The molecule has 4 rings (SSSR count). The summed E-state index contributed by atoms with van der Waals surface area (Å²) >= 11 is 1.60. The van der Waals surface area contributed by atoms with Crippen molar-refractivity contribution in [2.24, 2.45) is 0 Å². The van der Waals surface area contributed by atoms with Gasteiger partial charge in [-0.15, -0.1) is 11.3 Å². The highest BCUT2D eigenvalue weighted by molar-refractivity contribution is 7.09. The molecule has 2 N–H and O–H groups in total. The Morgan fingerprint density at radius 1 is 1.18 bits per heavy atom. The van der Waals surface area contributed by atoms with E-state index in [1.165, 1.54) is 0 Å². The predicted octanol–water partition coefficient (Wildman–Crippen LogP) is 4.39. The molecule has 0 unspecified atom stereocenters. The summed E-state index contributed by atoms with van der Waals surface area (Å²) < 4.78 is 5.31. The Balaban J connectivity index is 1.40. The topological polar surface area (TPSA) is 101 Å². The van der Waals surface area contributed by atoms with Gasteiger partial charge >= 0.3 is 12.0 Å². The number of carbonyl (C=O) groups is 3. The molecule has 8 nitrogen and oxygen atoms in total. The second-order valence-electron chi connectivity index (χ2n) is 8.27. The molecule has 2 heterocycles. The highest BCUT2D eigenvalue weighted by Crippen LogP contribution is 2.33. The van der Waals surface area contributed by atoms with Crippen LogP contribution < -0.4 is 15.5 Å². The molecule has 1 aliphatic rings. The standard InChI is InChI=1S/C25H26N4O4S/c1-15(2)26-25(32)28-20-7-5-4-6-19(20)24(31)33-13-23(30)29-11-10-18-12-17(8-9-22(18)29)21-14-34-16(3)27-21/h4-9,12,14-15H,10-11,13H2,1-3H3,(H2,26,28,32). The molecule has 0 fully saturated rings. The number of esters is 1. The van der Waals surface area contributed by atoms with Crippen molar-refractivity contribution in [3.05, 3.63) is 64.0 Å². The van der Waals surface area contributed by atoms with E-state index in [0.717, 1.165) is 33.9 Å². The maximum absolute atomic E-state index is 12.8. The first-order valence-corrected chi connectivity index (χ1v) is 11.9. The first-order chi connectivity index (χ1) is 16.3. The number of rotatable bonds is 6. The lowest BCUT2D eigenvalue weighted by Gasteiger charge is -2.18. The maximum atomic E-state index is 12.8. The highest BCUT2D eigenvalue weighted by atomic mass is 32.1. The molecule has 34 heavy (non-hydrogen) atoms. The van der Waals surface area contributed by atoms with Crippen molar-refractivity contribution >= 4 is 40.6 Å². The van der Waals surface area contributed by atoms with E-state index in [0.29, 0.717) is 12.2 Å². The van der Waals surface area contributed by atoms with E-state index in [1.807, 2.05) is 38.3 Å². The van der Waals surface area contributed by atoms with Gasteiger partial charge in [-0.3, -0.25) is 4.79 Å². The Bertz CT molecular complexity index is 1240. The Hall–Kier alpha value is -3.72. The van der Waals surface area contributed by atoms with Gasteiger partial charge < -0.3 is 20.3 Å². The monoisotopic (exact) mass is 478 g/mol. The average molecular weight is 479 g/mol. The van der Waals surface area contributed by atoms with Gasteiger partial charge in [0, 0.05) is 29.2 Å². The number of benzene rings is 2. The third-order valence-corrected chi connectivity index (χ3v) is 6.11. The minimum atomic E-state index is -0.678. The van der Waals surface area contributed by atoms with Gasteiger partial charge in [-0.25, -0.2) is 14.6 Å². The van der Waals surface area contributed by atoms with E-state index in [4.69, 9.17) is 4.74 Å². The minimum absolute atomic E-state index is 0.0539. The number of aryl methyl sites for hydroxylation is 1. The quantitative estimate of drug-likeness (QED) is 0.512. The van der Waals surface area contributed by atoms with Crippen LogP contribution in [-0.2, 0) is 16.0 Å². The summed E-state index contributed by atoms with van der Waals surface area (Å²) in [7, 11) is 0. The van der Waals surface area contributed by atoms with E-state index in [9.17, 15) is 14.4 Å². The second-order valence-corrected chi connectivity index (χ2v) is 9.33. The van der Waals surface area contributed by atoms with E-state index < -0.39 is 18.6 Å². The van der Waals surface area contributed by atoms with Crippen LogP contribution in [0.5, 0.6) is 0 Å². The van der Waals surface area contributed by atoms with Crippen LogP contribution in [-0.4, -0.2) is 42.1 Å². The zero-order chi connectivity index (χ0) is 24.2. The van der Waals surface area contributed by atoms with Crippen LogP contribution in [0.2, 0.25) is 0 Å². The summed E-state index contributed by atoms with van der Waals surface area (Å²) in [6.07, 6.45) is 0.726. The third-order valence-electron chi connectivity index (χ3n) is 5.33. The van der Waals surface area contributed by atoms with E-state index in [2.05, 4.69) is 21.7 Å². The van der Waals surface area contributed by atoms with E-state index in [-0.39, 0.29) is 17.5 Å². The van der Waals surface area contributed by atoms with Crippen LogP contribution in [0.25, 0.3) is 11.3 Å². The Morgan fingerprint density at radius 2 is 1.97 bits per heavy atom. The van der Waals surface area contributed by atoms with Gasteiger partial charge in [-0.1, -0.05) is 18.2 Å². The number of nitrogens with zero attached hydrogens (tertiary/aromatic N) is 2. The zero-order valence-corrected chi connectivity index (χ0v) is 20.1. The maximum Gasteiger partial charge on any atom is 0.340 e. The molecule has 0 aliphatic carbocycles. The first kappa shape index (κ1) is 23.4. The summed E-state index contributed by atoms with van der Waals surface area (Å²) in [4.78, 5) is 43.7. The lowest BCUT2D eigenvalue weighted by molar-refractivity contribution is -0.121. The van der Waals surface area contributed by atoms with Crippen molar-refractivity contribution < 1.29 is 19.1 Å². The summed E-state index contributed by atoms with van der Waals surface area (Å²) in [5, 5.41) is 8.38. The summed E-state index contributed by atoms with van der Waals surface area (Å²) in [6.45, 7) is 5.78. The van der Waals surface area contributed by atoms with Crippen molar-refractivity contribution in [1.82, 2.24) is 10.3 Å².